The van der Waals surface area contributed by atoms with Crippen LogP contribution in [0.5, 0.6) is 5.75 Å². The number of carbonyl (C=O) groups excluding carboxylic acids is 1. The van der Waals surface area contributed by atoms with Gasteiger partial charge in [0.05, 0.1) is 4.47 Å². The summed E-state index contributed by atoms with van der Waals surface area (Å²) in [6.07, 6.45) is 1.47. The minimum Gasteiger partial charge on any atom is -0.506 e. The molecule has 0 saturated heterocycles. The average Bonchev–Trinajstić information content (AvgIpc) is 2.13. The van der Waals surface area contributed by atoms with Gasteiger partial charge in [0.2, 0.25) is 0 Å². The zero-order valence-corrected chi connectivity index (χ0v) is 8.91. The van der Waals surface area contributed by atoms with E-state index in [1.165, 1.54) is 0 Å². The molecule has 1 atom stereocenters. The third-order valence-electron chi connectivity index (χ3n) is 1.84. The fourth-order valence-electron chi connectivity index (χ4n) is 1.12. The van der Waals surface area contributed by atoms with Crippen molar-refractivity contribution < 1.29 is 9.90 Å². The van der Waals surface area contributed by atoms with E-state index in [4.69, 9.17) is 0 Å². The van der Waals surface area contributed by atoms with Crippen molar-refractivity contribution in [1.29, 1.82) is 0 Å². The molecule has 0 amide bonds. The number of phenolic OH excluding ortho intramolecular Hbond substituents is 1. The highest BCUT2D eigenvalue weighted by Gasteiger charge is 2.08. The summed E-state index contributed by atoms with van der Waals surface area (Å²) in [5.74, 6) is 0.177. The average molecular weight is 243 g/mol. The molecule has 13 heavy (non-hydrogen) atoms. The fraction of sp³-hybridized carbons (Fsp3) is 0.300. The van der Waals surface area contributed by atoms with Gasteiger partial charge in [0, 0.05) is 5.92 Å². The highest BCUT2D eigenvalue weighted by Crippen LogP contribution is 2.28. The molecule has 0 heterocycles. The van der Waals surface area contributed by atoms with Gasteiger partial charge in [-0.3, -0.25) is 0 Å². The lowest BCUT2D eigenvalue weighted by atomic mass is 10.0. The SMILES string of the molecule is CC(C=O)Cc1cccc(Br)c1O. The molecule has 0 fully saturated rings. The van der Waals surface area contributed by atoms with Crippen molar-refractivity contribution in [3.05, 3.63) is 28.2 Å². The summed E-state index contributed by atoms with van der Waals surface area (Å²) in [4.78, 5) is 10.4. The summed E-state index contributed by atoms with van der Waals surface area (Å²) in [5, 5.41) is 9.58. The van der Waals surface area contributed by atoms with Crippen LogP contribution in [-0.2, 0) is 11.2 Å². The van der Waals surface area contributed by atoms with Crippen molar-refractivity contribution in [2.75, 3.05) is 0 Å². The molecule has 1 aromatic carbocycles. The molecular weight excluding hydrogens is 232 g/mol. The van der Waals surface area contributed by atoms with Crippen molar-refractivity contribution >= 4 is 22.2 Å². The summed E-state index contributed by atoms with van der Waals surface area (Å²) in [7, 11) is 0. The van der Waals surface area contributed by atoms with Gasteiger partial charge in [-0.25, -0.2) is 0 Å². The van der Waals surface area contributed by atoms with Gasteiger partial charge in [-0.1, -0.05) is 19.1 Å². The molecule has 1 unspecified atom stereocenters. The molecule has 0 spiro atoms. The van der Waals surface area contributed by atoms with Crippen molar-refractivity contribution in [3.8, 4) is 5.75 Å². The summed E-state index contributed by atoms with van der Waals surface area (Å²) >= 11 is 3.22. The molecule has 0 aliphatic rings. The van der Waals surface area contributed by atoms with E-state index in [9.17, 15) is 9.90 Å². The van der Waals surface area contributed by atoms with E-state index in [1.807, 2.05) is 19.1 Å². The molecule has 0 aliphatic carbocycles. The predicted octanol–water partition coefficient (Wildman–Crippen LogP) is 2.53. The van der Waals surface area contributed by atoms with E-state index in [-0.39, 0.29) is 11.7 Å². The first-order valence-corrected chi connectivity index (χ1v) is 4.86. The maximum absolute atomic E-state index is 10.4. The molecule has 0 aromatic heterocycles. The van der Waals surface area contributed by atoms with E-state index >= 15 is 0 Å². The van der Waals surface area contributed by atoms with Crippen LogP contribution in [0.2, 0.25) is 0 Å². The Morgan fingerprint density at radius 1 is 1.62 bits per heavy atom. The highest BCUT2D eigenvalue weighted by molar-refractivity contribution is 9.10. The van der Waals surface area contributed by atoms with Crippen LogP contribution in [0, 0.1) is 5.92 Å². The van der Waals surface area contributed by atoms with E-state index in [1.54, 1.807) is 6.07 Å². The molecule has 1 N–H and O–H groups in total. The van der Waals surface area contributed by atoms with Gasteiger partial charge in [-0.15, -0.1) is 0 Å². The molecule has 0 radical (unpaired) electrons. The van der Waals surface area contributed by atoms with Crippen molar-refractivity contribution in [2.45, 2.75) is 13.3 Å². The van der Waals surface area contributed by atoms with Crippen LogP contribution in [0.4, 0.5) is 0 Å². The number of phenols is 1. The molecule has 0 saturated carbocycles. The molecule has 0 aliphatic heterocycles. The Balaban J connectivity index is 2.88. The Kier molecular flexibility index (Phi) is 3.48. The van der Waals surface area contributed by atoms with Gasteiger partial charge >= 0.3 is 0 Å². The van der Waals surface area contributed by atoms with Crippen molar-refractivity contribution in [2.24, 2.45) is 5.92 Å². The van der Waals surface area contributed by atoms with Gasteiger partial charge in [0.1, 0.15) is 12.0 Å². The third kappa shape index (κ3) is 2.56. The second-order valence-corrected chi connectivity index (χ2v) is 3.92. The molecule has 0 bridgehead atoms. The number of hydrogen-bond donors (Lipinski definition) is 1. The fourth-order valence-corrected chi connectivity index (χ4v) is 1.53. The second kappa shape index (κ2) is 4.42. The standard InChI is InChI=1S/C10H11BrO2/c1-7(6-12)5-8-3-2-4-9(11)10(8)13/h2-4,6-7,13H,5H2,1H3. The number of carbonyl (C=O) groups is 1. The molecule has 1 rings (SSSR count). The number of para-hydroxylation sites is 1. The summed E-state index contributed by atoms with van der Waals surface area (Å²) < 4.78 is 0.670. The maximum atomic E-state index is 10.4. The predicted molar refractivity (Wildman–Crippen MR) is 54.7 cm³/mol. The van der Waals surface area contributed by atoms with Gasteiger partial charge in [0.15, 0.2) is 0 Å². The molecule has 70 valence electrons. The van der Waals surface area contributed by atoms with Crippen LogP contribution >= 0.6 is 15.9 Å². The van der Waals surface area contributed by atoms with Crippen LogP contribution in [0.15, 0.2) is 22.7 Å². The highest BCUT2D eigenvalue weighted by atomic mass is 79.9. The largest absolute Gasteiger partial charge is 0.506 e. The molecule has 3 heteroatoms. The molecular formula is C10H11BrO2. The van der Waals surface area contributed by atoms with E-state index < -0.39 is 0 Å². The minimum atomic E-state index is -0.0554. The van der Waals surface area contributed by atoms with E-state index in [0.717, 1.165) is 11.8 Å². The number of aldehydes is 1. The Bertz CT molecular complexity index is 310. The lowest BCUT2D eigenvalue weighted by molar-refractivity contribution is -0.110. The monoisotopic (exact) mass is 242 g/mol. The molecule has 2 nitrogen and oxygen atoms in total. The molecule has 1 aromatic rings. The van der Waals surface area contributed by atoms with E-state index in [0.29, 0.717) is 10.9 Å². The van der Waals surface area contributed by atoms with Crippen molar-refractivity contribution in [3.63, 3.8) is 0 Å². The smallest absolute Gasteiger partial charge is 0.132 e. The number of aromatic hydroxyl groups is 1. The van der Waals surface area contributed by atoms with Gasteiger partial charge < -0.3 is 9.90 Å². The van der Waals surface area contributed by atoms with Gasteiger partial charge in [-0.05, 0) is 34.0 Å². The zero-order valence-electron chi connectivity index (χ0n) is 7.33. The second-order valence-electron chi connectivity index (χ2n) is 3.07. The normalized spacial score (nSPS) is 12.5. The first-order valence-electron chi connectivity index (χ1n) is 4.06. The Labute approximate surface area is 85.7 Å². The first-order chi connectivity index (χ1) is 6.15. The summed E-state index contributed by atoms with van der Waals surface area (Å²) in [6.45, 7) is 1.83. The van der Waals surface area contributed by atoms with Crippen LogP contribution in [0.3, 0.4) is 0 Å². The Morgan fingerprint density at radius 2 is 2.31 bits per heavy atom. The van der Waals surface area contributed by atoms with Crippen LogP contribution in [-0.4, -0.2) is 11.4 Å². The Hall–Kier alpha value is -0.830. The first kappa shape index (κ1) is 10.3. The number of benzene rings is 1. The van der Waals surface area contributed by atoms with E-state index in [2.05, 4.69) is 15.9 Å². The van der Waals surface area contributed by atoms with Crippen LogP contribution in [0.1, 0.15) is 12.5 Å². The van der Waals surface area contributed by atoms with Crippen LogP contribution in [0.25, 0.3) is 0 Å². The number of hydrogen-bond acceptors (Lipinski definition) is 2. The quantitative estimate of drug-likeness (QED) is 0.828. The third-order valence-corrected chi connectivity index (χ3v) is 2.48. The van der Waals surface area contributed by atoms with Crippen LogP contribution < -0.4 is 0 Å². The van der Waals surface area contributed by atoms with Gasteiger partial charge in [-0.2, -0.15) is 0 Å². The Morgan fingerprint density at radius 3 is 2.92 bits per heavy atom. The summed E-state index contributed by atoms with van der Waals surface area (Å²) in [6, 6.07) is 5.43. The zero-order chi connectivity index (χ0) is 9.84. The summed E-state index contributed by atoms with van der Waals surface area (Å²) in [5.41, 5.74) is 0.800. The number of rotatable bonds is 3. The maximum Gasteiger partial charge on any atom is 0.132 e. The number of halogens is 1. The lowest BCUT2D eigenvalue weighted by Crippen LogP contribution is -2.00. The van der Waals surface area contributed by atoms with Gasteiger partial charge in [0.25, 0.3) is 0 Å². The topological polar surface area (TPSA) is 37.3 Å². The van der Waals surface area contributed by atoms with Crippen molar-refractivity contribution in [1.82, 2.24) is 0 Å². The lowest BCUT2D eigenvalue weighted by Gasteiger charge is -2.07. The minimum absolute atomic E-state index is 0.0554.